The fourth-order valence-electron chi connectivity index (χ4n) is 4.23. The summed E-state index contributed by atoms with van der Waals surface area (Å²) in [5.41, 5.74) is 4.65. The standard InChI is InChI=1S/C30H20N4O4S2.2ClH/c35-29(36)23-5-1-19(2-6-23)17-33-13-9-21(10-14-33)25-31-27-28(39-25)32-26(40-27)22-11-15-34(16-12-22)18-20-3-7-24(8-4-20)30(37)38;;/h1-16H,17-18H2;2*1H. The first kappa shape index (κ1) is 30.7. The van der Waals surface area contributed by atoms with E-state index in [4.69, 9.17) is 20.2 Å². The molecule has 0 spiro atoms. The number of carbonyl (C=O) groups is 2. The Morgan fingerprint density at radius 1 is 0.571 bits per heavy atom. The van der Waals surface area contributed by atoms with E-state index in [2.05, 4.69) is 0 Å². The third-order valence-corrected chi connectivity index (χ3v) is 8.51. The Morgan fingerprint density at radius 3 is 1.21 bits per heavy atom. The second kappa shape index (κ2) is 13.2. The van der Waals surface area contributed by atoms with Crippen LogP contribution in [0, 0.1) is 0 Å². The Balaban J connectivity index is 0.00000202. The highest BCUT2D eigenvalue weighted by atomic mass is 35.5. The van der Waals surface area contributed by atoms with Crippen molar-refractivity contribution < 1.29 is 53.8 Å². The lowest BCUT2D eigenvalue weighted by atomic mass is 10.1. The van der Waals surface area contributed by atoms with E-state index in [0.29, 0.717) is 13.1 Å². The zero-order valence-electron chi connectivity index (χ0n) is 21.7. The predicted molar refractivity (Wildman–Crippen MR) is 152 cm³/mol. The number of nitrogens with zero attached hydrogens (tertiary/aromatic N) is 4. The van der Waals surface area contributed by atoms with Gasteiger partial charge in [0.2, 0.25) is 0 Å². The van der Waals surface area contributed by atoms with Crippen LogP contribution in [0.1, 0.15) is 31.8 Å². The van der Waals surface area contributed by atoms with E-state index in [1.54, 1.807) is 46.9 Å². The molecule has 0 bridgehead atoms. The number of benzene rings is 2. The SMILES string of the molecule is O=C(O)c1ccc(C[n+]2ccc(-c3nc4sc(-c5cc[n+](Cc6ccc(C(=O)O)cc6)cc5)nc4s3)cc2)cc1.[Cl-].[Cl-]. The lowest BCUT2D eigenvalue weighted by molar-refractivity contribution is -0.688. The van der Waals surface area contributed by atoms with Crippen molar-refractivity contribution in [3.8, 4) is 21.1 Å². The molecule has 0 radical (unpaired) electrons. The maximum atomic E-state index is 11.0. The first-order chi connectivity index (χ1) is 19.4. The predicted octanol–water partition coefficient (Wildman–Crippen LogP) is -0.837. The Hall–Kier alpha value is -4.22. The summed E-state index contributed by atoms with van der Waals surface area (Å²) < 4.78 is 4.08. The number of carboxylic acid groups (broad SMARTS) is 2. The summed E-state index contributed by atoms with van der Waals surface area (Å²) in [4.78, 5) is 33.5. The van der Waals surface area contributed by atoms with Gasteiger partial charge < -0.3 is 35.0 Å². The second-order valence-corrected chi connectivity index (χ2v) is 11.1. The van der Waals surface area contributed by atoms with Gasteiger partial charge in [0.05, 0.1) is 11.1 Å². The highest BCUT2D eigenvalue weighted by molar-refractivity contribution is 7.29. The van der Waals surface area contributed by atoms with Crippen LogP contribution >= 0.6 is 22.7 Å². The van der Waals surface area contributed by atoms with Gasteiger partial charge in [-0.1, -0.05) is 46.9 Å². The Bertz CT molecular complexity index is 1670. The molecule has 4 aromatic heterocycles. The third kappa shape index (κ3) is 6.80. The molecule has 0 unspecified atom stereocenters. The zero-order chi connectivity index (χ0) is 27.6. The minimum absolute atomic E-state index is 0. The summed E-state index contributed by atoms with van der Waals surface area (Å²) in [6, 6.07) is 21.9. The van der Waals surface area contributed by atoms with Gasteiger partial charge in [-0.2, -0.15) is 0 Å². The Morgan fingerprint density at radius 2 is 0.905 bits per heavy atom. The number of fused-ring (bicyclic) bond motifs is 1. The molecule has 6 aromatic rings. The molecule has 2 aromatic carbocycles. The van der Waals surface area contributed by atoms with Crippen LogP contribution in [-0.4, -0.2) is 32.1 Å². The molecular weight excluding hydrogens is 615 g/mol. The number of aromatic carboxylic acids is 2. The fraction of sp³-hybridized carbons (Fsp3) is 0.0667. The number of thiazole rings is 2. The Kier molecular flexibility index (Phi) is 9.64. The van der Waals surface area contributed by atoms with Gasteiger partial charge in [-0.15, -0.1) is 0 Å². The van der Waals surface area contributed by atoms with E-state index in [0.717, 1.165) is 41.9 Å². The molecule has 0 aliphatic carbocycles. The topological polar surface area (TPSA) is 108 Å². The highest BCUT2D eigenvalue weighted by Crippen LogP contribution is 2.36. The molecule has 42 heavy (non-hydrogen) atoms. The smallest absolute Gasteiger partial charge is 0.335 e. The van der Waals surface area contributed by atoms with Crippen LogP contribution in [0.4, 0.5) is 0 Å². The number of halogens is 2. The summed E-state index contributed by atoms with van der Waals surface area (Å²) >= 11 is 3.13. The van der Waals surface area contributed by atoms with Crippen molar-refractivity contribution in [2.45, 2.75) is 13.1 Å². The first-order valence-electron chi connectivity index (χ1n) is 12.3. The van der Waals surface area contributed by atoms with E-state index in [-0.39, 0.29) is 35.9 Å². The largest absolute Gasteiger partial charge is 1.00 e. The van der Waals surface area contributed by atoms with Gasteiger partial charge in [-0.05, 0) is 24.3 Å². The van der Waals surface area contributed by atoms with Gasteiger partial charge in [-0.3, -0.25) is 0 Å². The summed E-state index contributed by atoms with van der Waals surface area (Å²) in [5.74, 6) is -1.85. The molecule has 0 atom stereocenters. The van der Waals surface area contributed by atoms with Gasteiger partial charge >= 0.3 is 11.9 Å². The molecule has 0 saturated carbocycles. The molecule has 6 rings (SSSR count). The molecule has 4 heterocycles. The van der Waals surface area contributed by atoms with Crippen molar-refractivity contribution in [2.75, 3.05) is 0 Å². The molecule has 2 N–H and O–H groups in total. The molecular formula is C30H22Cl2N4O4S2. The van der Waals surface area contributed by atoms with Crippen molar-refractivity contribution in [1.29, 1.82) is 0 Å². The van der Waals surface area contributed by atoms with E-state index in [9.17, 15) is 9.59 Å². The van der Waals surface area contributed by atoms with Gasteiger partial charge in [0.25, 0.3) is 0 Å². The number of carboxylic acids is 2. The van der Waals surface area contributed by atoms with Crippen molar-refractivity contribution in [3.63, 3.8) is 0 Å². The minimum Gasteiger partial charge on any atom is -1.00 e. The lowest BCUT2D eigenvalue weighted by Gasteiger charge is -2.00. The van der Waals surface area contributed by atoms with E-state index in [1.807, 2.05) is 82.5 Å². The molecule has 12 heteroatoms. The van der Waals surface area contributed by atoms with Gasteiger partial charge in [-0.25, -0.2) is 28.7 Å². The van der Waals surface area contributed by atoms with Gasteiger partial charge in [0, 0.05) is 46.5 Å². The molecule has 212 valence electrons. The van der Waals surface area contributed by atoms with Crippen LogP contribution < -0.4 is 33.9 Å². The summed E-state index contributed by atoms with van der Waals surface area (Å²) in [6.07, 6.45) is 7.98. The minimum atomic E-state index is -0.926. The highest BCUT2D eigenvalue weighted by Gasteiger charge is 2.15. The molecule has 0 aliphatic rings. The Labute approximate surface area is 261 Å². The quantitative estimate of drug-likeness (QED) is 0.211. The van der Waals surface area contributed by atoms with E-state index < -0.39 is 11.9 Å². The number of rotatable bonds is 8. The molecule has 0 fully saturated rings. The summed E-state index contributed by atoms with van der Waals surface area (Å²) in [6.45, 7) is 1.29. The van der Waals surface area contributed by atoms with Gasteiger partial charge in [0.15, 0.2) is 47.5 Å². The van der Waals surface area contributed by atoms with Crippen molar-refractivity contribution in [1.82, 2.24) is 9.97 Å². The van der Waals surface area contributed by atoms with Crippen LogP contribution in [0.5, 0.6) is 0 Å². The summed E-state index contributed by atoms with van der Waals surface area (Å²) in [5, 5.41) is 20.0. The van der Waals surface area contributed by atoms with Crippen LogP contribution in [0.3, 0.4) is 0 Å². The fourth-order valence-corrected chi connectivity index (χ4v) is 6.28. The third-order valence-electron chi connectivity index (χ3n) is 6.38. The molecule has 0 aliphatic heterocycles. The van der Waals surface area contributed by atoms with Crippen LogP contribution in [0.15, 0.2) is 97.6 Å². The van der Waals surface area contributed by atoms with E-state index >= 15 is 0 Å². The second-order valence-electron chi connectivity index (χ2n) is 9.17. The number of aromatic nitrogens is 4. The molecule has 0 saturated heterocycles. The maximum absolute atomic E-state index is 11.0. The van der Waals surface area contributed by atoms with Crippen molar-refractivity contribution >= 4 is 44.3 Å². The number of hydrogen-bond acceptors (Lipinski definition) is 6. The average Bonchev–Trinajstić information content (AvgIpc) is 3.54. The maximum Gasteiger partial charge on any atom is 0.335 e. The zero-order valence-corrected chi connectivity index (χ0v) is 24.9. The normalized spacial score (nSPS) is 10.6. The van der Waals surface area contributed by atoms with Gasteiger partial charge in [0.1, 0.15) is 10.0 Å². The van der Waals surface area contributed by atoms with Crippen LogP contribution in [0.2, 0.25) is 0 Å². The monoisotopic (exact) mass is 636 g/mol. The van der Waals surface area contributed by atoms with Crippen molar-refractivity contribution in [2.24, 2.45) is 0 Å². The molecule has 0 amide bonds. The molecule has 8 nitrogen and oxygen atoms in total. The lowest BCUT2D eigenvalue weighted by Crippen LogP contribution is -3.00. The van der Waals surface area contributed by atoms with Crippen LogP contribution in [0.25, 0.3) is 30.8 Å². The van der Waals surface area contributed by atoms with E-state index in [1.165, 1.54) is 0 Å². The number of pyridine rings is 2. The average molecular weight is 638 g/mol. The number of hydrogen-bond donors (Lipinski definition) is 2. The van der Waals surface area contributed by atoms with Crippen LogP contribution in [-0.2, 0) is 13.1 Å². The van der Waals surface area contributed by atoms with Crippen molar-refractivity contribution in [3.05, 3.63) is 120 Å². The summed E-state index contributed by atoms with van der Waals surface area (Å²) in [7, 11) is 0. The first-order valence-corrected chi connectivity index (χ1v) is 14.0.